The van der Waals surface area contributed by atoms with Gasteiger partial charge in [-0.1, -0.05) is 0 Å². The molecule has 0 nitrogen and oxygen atoms in total. The molecule has 1 fully saturated rings. The van der Waals surface area contributed by atoms with Crippen molar-refractivity contribution in [2.45, 2.75) is 81.1 Å². The summed E-state index contributed by atoms with van der Waals surface area (Å²) in [6.45, 7) is 7.19. The minimum atomic E-state index is -2.38. The van der Waals surface area contributed by atoms with Crippen LogP contribution in [0.15, 0.2) is 30.3 Å². The second kappa shape index (κ2) is 11.5. The van der Waals surface area contributed by atoms with Gasteiger partial charge in [-0.05, 0) is 0 Å². The molecule has 142 valence electrons. The van der Waals surface area contributed by atoms with Crippen molar-refractivity contribution in [2.24, 2.45) is 0 Å². The van der Waals surface area contributed by atoms with Crippen molar-refractivity contribution in [1.29, 1.82) is 0 Å². The van der Waals surface area contributed by atoms with Crippen LogP contribution in [-0.2, 0) is 2.09 Å². The zero-order valence-corrected chi connectivity index (χ0v) is 21.2. The molecule has 0 atom stereocenters. The summed E-state index contributed by atoms with van der Waals surface area (Å²) in [5.74, 6) is 2.76. The average Bonchev–Trinajstić information content (AvgIpc) is 2.69. The fourth-order valence-corrected chi connectivity index (χ4v) is 34.9. The van der Waals surface area contributed by atoms with E-state index in [2.05, 4.69) is 74.6 Å². The van der Waals surface area contributed by atoms with Gasteiger partial charge in [0.15, 0.2) is 0 Å². The zero-order chi connectivity index (χ0) is 18.0. The van der Waals surface area contributed by atoms with E-state index in [1.54, 1.807) is 18.9 Å². The van der Waals surface area contributed by atoms with Crippen LogP contribution < -0.4 is 0 Å². The fraction of sp³-hybridized carbons (Fsp3) is 0.727. The van der Waals surface area contributed by atoms with Crippen LogP contribution in [0.1, 0.15) is 71.3 Å². The van der Waals surface area contributed by atoms with Gasteiger partial charge in [-0.25, -0.2) is 0 Å². The monoisotopic (exact) mass is 486 g/mol. The minimum absolute atomic E-state index is 0.480. The molecule has 1 aromatic rings. The van der Waals surface area contributed by atoms with Gasteiger partial charge >= 0.3 is 170 Å². The molecule has 0 unspecified atom stereocenters. The summed E-state index contributed by atoms with van der Waals surface area (Å²) in [7, 11) is 0. The first-order chi connectivity index (χ1) is 12.2. The molecule has 1 aromatic carbocycles. The number of benzene rings is 1. The van der Waals surface area contributed by atoms with Crippen molar-refractivity contribution in [3.63, 3.8) is 0 Å². The van der Waals surface area contributed by atoms with Crippen LogP contribution in [0.3, 0.4) is 0 Å². The molecule has 0 N–H and O–H groups in total. The molecule has 0 radical (unpaired) electrons. The Balaban J connectivity index is 2.49. The van der Waals surface area contributed by atoms with Crippen LogP contribution in [0.2, 0.25) is 13.3 Å². The Morgan fingerprint density at radius 2 is 1.28 bits per heavy atom. The summed E-state index contributed by atoms with van der Waals surface area (Å²) in [6.07, 6.45) is 9.93. The van der Waals surface area contributed by atoms with Crippen LogP contribution >= 0.6 is 23.5 Å². The van der Waals surface area contributed by atoms with Gasteiger partial charge < -0.3 is 0 Å². The maximum absolute atomic E-state index is 2.47. The van der Waals surface area contributed by atoms with E-state index in [1.807, 2.05) is 0 Å². The van der Waals surface area contributed by atoms with Crippen LogP contribution in [0.25, 0.3) is 0 Å². The molecule has 1 aliphatic rings. The summed E-state index contributed by atoms with van der Waals surface area (Å²) < 4.78 is 5.31. The SMILES string of the molecule is CCC[CH2][Sn]([CH2]CCC)([CH2]CCC)[C]1(c2ccccc2)SCCCS1. The molecule has 25 heavy (non-hydrogen) atoms. The zero-order valence-electron chi connectivity index (χ0n) is 16.7. The molecule has 1 heterocycles. The van der Waals surface area contributed by atoms with Gasteiger partial charge in [0.05, 0.1) is 0 Å². The molecule has 0 aromatic heterocycles. The topological polar surface area (TPSA) is 0 Å². The molecular weight excluding hydrogens is 447 g/mol. The molecular formula is C22H38S2Sn. The number of hydrogen-bond donors (Lipinski definition) is 0. The molecule has 0 amide bonds. The third-order valence-electron chi connectivity index (χ3n) is 5.78. The van der Waals surface area contributed by atoms with Gasteiger partial charge in [-0.15, -0.1) is 0 Å². The summed E-state index contributed by atoms with van der Waals surface area (Å²) in [4.78, 5) is 0. The number of thioether (sulfide) groups is 2. The van der Waals surface area contributed by atoms with E-state index >= 15 is 0 Å². The third kappa shape index (κ3) is 5.38. The van der Waals surface area contributed by atoms with Gasteiger partial charge in [0.1, 0.15) is 0 Å². The van der Waals surface area contributed by atoms with Gasteiger partial charge in [0.25, 0.3) is 0 Å². The van der Waals surface area contributed by atoms with Gasteiger partial charge in [0, 0.05) is 0 Å². The Morgan fingerprint density at radius 1 is 0.800 bits per heavy atom. The fourth-order valence-electron chi connectivity index (χ4n) is 4.38. The van der Waals surface area contributed by atoms with E-state index in [-0.39, 0.29) is 0 Å². The summed E-state index contributed by atoms with van der Waals surface area (Å²) >= 11 is 2.37. The van der Waals surface area contributed by atoms with Crippen molar-refractivity contribution >= 4 is 41.9 Å². The van der Waals surface area contributed by atoms with Gasteiger partial charge in [0.2, 0.25) is 0 Å². The molecule has 0 aliphatic carbocycles. The van der Waals surface area contributed by atoms with E-state index in [9.17, 15) is 0 Å². The number of hydrogen-bond acceptors (Lipinski definition) is 2. The predicted molar refractivity (Wildman–Crippen MR) is 123 cm³/mol. The van der Waals surface area contributed by atoms with E-state index in [0.717, 1.165) is 0 Å². The molecule has 0 spiro atoms. The molecule has 2 rings (SSSR count). The summed E-state index contributed by atoms with van der Waals surface area (Å²) in [5.41, 5.74) is 1.68. The molecule has 1 saturated heterocycles. The first-order valence-electron chi connectivity index (χ1n) is 10.6. The molecule has 1 aliphatic heterocycles. The van der Waals surface area contributed by atoms with Crippen LogP contribution in [0, 0.1) is 0 Å². The number of rotatable bonds is 11. The first-order valence-corrected chi connectivity index (χ1v) is 20.0. The van der Waals surface area contributed by atoms with Crippen molar-refractivity contribution in [3.05, 3.63) is 35.9 Å². The Labute approximate surface area is 169 Å². The summed E-state index contributed by atoms with van der Waals surface area (Å²) in [5, 5.41) is 0. The first kappa shape index (κ1) is 22.0. The Morgan fingerprint density at radius 3 is 1.72 bits per heavy atom. The normalized spacial score (nSPS) is 17.6. The van der Waals surface area contributed by atoms with E-state index in [4.69, 9.17) is 0 Å². The average molecular weight is 485 g/mol. The number of unbranched alkanes of at least 4 members (excludes halogenated alkanes) is 3. The maximum atomic E-state index is 2.47. The van der Waals surface area contributed by atoms with Crippen molar-refractivity contribution < 1.29 is 0 Å². The second-order valence-corrected chi connectivity index (χ2v) is 26.3. The van der Waals surface area contributed by atoms with Crippen LogP contribution in [0.4, 0.5) is 0 Å². The van der Waals surface area contributed by atoms with Gasteiger partial charge in [-0.3, -0.25) is 0 Å². The van der Waals surface area contributed by atoms with E-state index in [0.29, 0.717) is 2.09 Å². The summed E-state index contributed by atoms with van der Waals surface area (Å²) in [6, 6.07) is 11.7. The van der Waals surface area contributed by atoms with Crippen molar-refractivity contribution in [1.82, 2.24) is 0 Å². The molecule has 3 heteroatoms. The van der Waals surface area contributed by atoms with Crippen LogP contribution in [0.5, 0.6) is 0 Å². The Kier molecular flexibility index (Phi) is 10.2. The van der Waals surface area contributed by atoms with Gasteiger partial charge in [-0.2, -0.15) is 0 Å². The molecule has 0 saturated carbocycles. The van der Waals surface area contributed by atoms with Crippen molar-refractivity contribution in [3.8, 4) is 0 Å². The Bertz CT molecular complexity index is 446. The Hall–Kier alpha value is 0.719. The van der Waals surface area contributed by atoms with E-state index in [1.165, 1.54) is 56.5 Å². The molecule has 0 bridgehead atoms. The van der Waals surface area contributed by atoms with Crippen molar-refractivity contribution in [2.75, 3.05) is 11.5 Å². The second-order valence-electron chi connectivity index (χ2n) is 7.62. The predicted octanol–water partition coefficient (Wildman–Crippen LogP) is 8.10. The van der Waals surface area contributed by atoms with Crippen LogP contribution in [-0.4, -0.2) is 29.9 Å². The van der Waals surface area contributed by atoms with E-state index < -0.39 is 18.4 Å². The third-order valence-corrected chi connectivity index (χ3v) is 33.1. The quantitative estimate of drug-likeness (QED) is 0.291. The standard InChI is InChI=1S/C10H11S2.3C4H9.Sn/c1-2-5-9(6-3-1)10-11-7-4-8-12-10;3*1-3-4-2;/h1-3,5-6H,4,7-8H2;3*1,3-4H2,2H3;.